The number of amides is 1. The fraction of sp³-hybridized carbons (Fsp3) is 0.350. The van der Waals surface area contributed by atoms with Gasteiger partial charge in [0, 0.05) is 11.4 Å². The van der Waals surface area contributed by atoms with Crippen LogP contribution in [0, 0.1) is 0 Å². The molecule has 1 N–H and O–H groups in total. The summed E-state index contributed by atoms with van der Waals surface area (Å²) in [6.07, 6.45) is 0. The average Bonchev–Trinajstić information content (AvgIpc) is 2.67. The second kappa shape index (κ2) is 10.1. The lowest BCUT2D eigenvalue weighted by Gasteiger charge is -2.25. The molecule has 0 heterocycles. The third kappa shape index (κ3) is 5.97. The maximum Gasteiger partial charge on any atom is 0.230 e. The van der Waals surface area contributed by atoms with Crippen LogP contribution in [0.1, 0.15) is 11.6 Å². The molecule has 0 aliphatic heterocycles. The molecule has 1 atom stereocenters. The van der Waals surface area contributed by atoms with E-state index in [0.717, 1.165) is 22.0 Å². The van der Waals surface area contributed by atoms with Gasteiger partial charge in [-0.05, 0) is 56.1 Å². The number of hydrogen-bond donors (Lipinski definition) is 1. The van der Waals surface area contributed by atoms with Crippen LogP contribution in [0.5, 0.6) is 11.5 Å². The molecule has 0 aromatic heterocycles. The first-order valence-electron chi connectivity index (χ1n) is 8.37. The summed E-state index contributed by atoms with van der Waals surface area (Å²) in [4.78, 5) is 15.3. The maximum atomic E-state index is 12.2. The Balaban J connectivity index is 1.86. The van der Waals surface area contributed by atoms with Gasteiger partial charge in [-0.3, -0.25) is 4.79 Å². The number of rotatable bonds is 9. The Kier molecular flexibility index (Phi) is 7.81. The topological polar surface area (TPSA) is 50.8 Å². The standard InChI is InChI=1S/C20H26N2O3S/c1-22(2)19(15-5-7-16(24-3)8-6-15)13-21-20(23)14-26-18-11-9-17(25-4)10-12-18/h5-12,19H,13-14H2,1-4H3,(H,21,23). The van der Waals surface area contributed by atoms with Crippen LogP contribution in [0.3, 0.4) is 0 Å². The molecule has 0 aliphatic rings. The molecule has 1 amide bonds. The SMILES string of the molecule is COc1ccc(SCC(=O)NCC(c2ccc(OC)cc2)N(C)C)cc1. The fourth-order valence-electron chi connectivity index (χ4n) is 2.51. The molecule has 0 spiro atoms. The van der Waals surface area contributed by atoms with Crippen LogP contribution >= 0.6 is 11.8 Å². The molecule has 2 aromatic rings. The minimum absolute atomic E-state index is 0.0196. The first-order chi connectivity index (χ1) is 12.5. The number of ether oxygens (including phenoxy) is 2. The van der Waals surface area contributed by atoms with E-state index >= 15 is 0 Å². The van der Waals surface area contributed by atoms with Crippen LogP contribution in [0.4, 0.5) is 0 Å². The van der Waals surface area contributed by atoms with Crippen molar-refractivity contribution in [2.24, 2.45) is 0 Å². The highest BCUT2D eigenvalue weighted by Gasteiger charge is 2.15. The van der Waals surface area contributed by atoms with Crippen LogP contribution in [0.15, 0.2) is 53.4 Å². The van der Waals surface area contributed by atoms with Crippen molar-refractivity contribution in [1.82, 2.24) is 10.2 Å². The van der Waals surface area contributed by atoms with Crippen molar-refractivity contribution in [3.05, 3.63) is 54.1 Å². The molecule has 5 nitrogen and oxygen atoms in total. The summed E-state index contributed by atoms with van der Waals surface area (Å²) < 4.78 is 10.3. The number of nitrogens with zero attached hydrogens (tertiary/aromatic N) is 1. The predicted molar refractivity (Wildman–Crippen MR) is 106 cm³/mol. The quantitative estimate of drug-likeness (QED) is 0.683. The van der Waals surface area contributed by atoms with Crippen LogP contribution in [0.25, 0.3) is 0 Å². The largest absolute Gasteiger partial charge is 0.497 e. The number of nitrogens with one attached hydrogen (secondary N) is 1. The molecule has 0 aliphatic carbocycles. The third-order valence-electron chi connectivity index (χ3n) is 4.05. The summed E-state index contributed by atoms with van der Waals surface area (Å²) in [6, 6.07) is 15.7. The summed E-state index contributed by atoms with van der Waals surface area (Å²) in [7, 11) is 7.30. The molecular formula is C20H26N2O3S. The number of carbonyl (C=O) groups excluding carboxylic acids is 1. The van der Waals surface area contributed by atoms with E-state index in [1.807, 2.05) is 62.6 Å². The number of hydrogen-bond acceptors (Lipinski definition) is 5. The van der Waals surface area contributed by atoms with Gasteiger partial charge in [0.25, 0.3) is 0 Å². The highest BCUT2D eigenvalue weighted by molar-refractivity contribution is 8.00. The lowest BCUT2D eigenvalue weighted by molar-refractivity contribution is -0.118. The first kappa shape index (κ1) is 20.1. The molecular weight excluding hydrogens is 348 g/mol. The van der Waals surface area contributed by atoms with Crippen LogP contribution in [0.2, 0.25) is 0 Å². The minimum Gasteiger partial charge on any atom is -0.497 e. The molecule has 26 heavy (non-hydrogen) atoms. The number of benzene rings is 2. The highest BCUT2D eigenvalue weighted by atomic mass is 32.2. The predicted octanol–water partition coefficient (Wildman–Crippen LogP) is 3.22. The number of likely N-dealkylation sites (N-methyl/N-ethyl adjacent to an activating group) is 1. The highest BCUT2D eigenvalue weighted by Crippen LogP contribution is 2.22. The van der Waals surface area contributed by atoms with Crippen molar-refractivity contribution in [2.45, 2.75) is 10.9 Å². The van der Waals surface area contributed by atoms with Crippen LogP contribution in [-0.2, 0) is 4.79 Å². The van der Waals surface area contributed by atoms with Gasteiger partial charge in [-0.25, -0.2) is 0 Å². The van der Waals surface area contributed by atoms with E-state index in [-0.39, 0.29) is 11.9 Å². The van der Waals surface area contributed by atoms with E-state index < -0.39 is 0 Å². The van der Waals surface area contributed by atoms with Gasteiger partial charge < -0.3 is 19.7 Å². The van der Waals surface area contributed by atoms with Gasteiger partial charge in [0.1, 0.15) is 11.5 Å². The Morgan fingerprint density at radius 3 is 2.04 bits per heavy atom. The van der Waals surface area contributed by atoms with Crippen LogP contribution in [-0.4, -0.2) is 51.4 Å². The average molecular weight is 375 g/mol. The van der Waals surface area contributed by atoms with Gasteiger partial charge in [0.2, 0.25) is 5.91 Å². The molecule has 6 heteroatoms. The summed E-state index contributed by atoms with van der Waals surface area (Å²) in [5.41, 5.74) is 1.14. The number of carbonyl (C=O) groups is 1. The number of thioether (sulfide) groups is 1. The van der Waals surface area contributed by atoms with E-state index in [1.54, 1.807) is 14.2 Å². The van der Waals surface area contributed by atoms with Gasteiger partial charge in [-0.1, -0.05) is 12.1 Å². The molecule has 2 aromatic carbocycles. The minimum atomic E-state index is 0.0196. The van der Waals surface area contributed by atoms with E-state index in [2.05, 4.69) is 10.2 Å². The normalized spacial score (nSPS) is 11.9. The summed E-state index contributed by atoms with van der Waals surface area (Å²) in [5, 5.41) is 3.03. The zero-order valence-corrected chi connectivity index (χ0v) is 16.5. The van der Waals surface area contributed by atoms with E-state index in [4.69, 9.17) is 9.47 Å². The summed E-state index contributed by atoms with van der Waals surface area (Å²) in [5.74, 6) is 2.04. The van der Waals surface area contributed by atoms with E-state index in [0.29, 0.717) is 12.3 Å². The monoisotopic (exact) mass is 374 g/mol. The Labute approximate surface area is 159 Å². The van der Waals surface area contributed by atoms with Crippen molar-refractivity contribution < 1.29 is 14.3 Å². The van der Waals surface area contributed by atoms with Crippen molar-refractivity contribution in [3.8, 4) is 11.5 Å². The van der Waals surface area contributed by atoms with Gasteiger partial charge in [-0.15, -0.1) is 11.8 Å². The van der Waals surface area contributed by atoms with Crippen molar-refractivity contribution in [2.75, 3.05) is 40.6 Å². The van der Waals surface area contributed by atoms with Gasteiger partial charge in [0.05, 0.1) is 26.0 Å². The van der Waals surface area contributed by atoms with Crippen molar-refractivity contribution in [3.63, 3.8) is 0 Å². The Bertz CT molecular complexity index is 687. The van der Waals surface area contributed by atoms with Gasteiger partial charge in [0.15, 0.2) is 0 Å². The lowest BCUT2D eigenvalue weighted by atomic mass is 10.1. The molecule has 140 valence electrons. The summed E-state index contributed by atoms with van der Waals surface area (Å²) >= 11 is 1.51. The zero-order valence-electron chi connectivity index (χ0n) is 15.7. The van der Waals surface area contributed by atoms with E-state index in [9.17, 15) is 4.79 Å². The Morgan fingerprint density at radius 1 is 1.00 bits per heavy atom. The van der Waals surface area contributed by atoms with Gasteiger partial charge >= 0.3 is 0 Å². The molecule has 0 saturated heterocycles. The Morgan fingerprint density at radius 2 is 1.54 bits per heavy atom. The molecule has 2 rings (SSSR count). The fourth-order valence-corrected chi connectivity index (χ4v) is 3.24. The van der Waals surface area contributed by atoms with Crippen molar-refractivity contribution >= 4 is 17.7 Å². The summed E-state index contributed by atoms with van der Waals surface area (Å²) in [6.45, 7) is 0.557. The molecule has 0 radical (unpaired) electrons. The second-order valence-electron chi connectivity index (χ2n) is 6.02. The smallest absolute Gasteiger partial charge is 0.230 e. The molecule has 0 saturated carbocycles. The lowest BCUT2D eigenvalue weighted by Crippen LogP contribution is -2.35. The molecule has 0 fully saturated rings. The van der Waals surface area contributed by atoms with Crippen LogP contribution < -0.4 is 14.8 Å². The third-order valence-corrected chi connectivity index (χ3v) is 5.06. The van der Waals surface area contributed by atoms with Crippen molar-refractivity contribution in [1.29, 1.82) is 0 Å². The first-order valence-corrected chi connectivity index (χ1v) is 9.36. The Hall–Kier alpha value is -2.18. The second-order valence-corrected chi connectivity index (χ2v) is 7.07. The van der Waals surface area contributed by atoms with Gasteiger partial charge in [-0.2, -0.15) is 0 Å². The zero-order chi connectivity index (χ0) is 18.9. The molecule has 0 bridgehead atoms. The molecule has 1 unspecified atom stereocenters. The van der Waals surface area contributed by atoms with E-state index in [1.165, 1.54) is 11.8 Å². The number of methoxy groups -OCH3 is 2. The maximum absolute atomic E-state index is 12.2.